The Balaban J connectivity index is 2.01. The van der Waals surface area contributed by atoms with Crippen LogP contribution < -0.4 is 11.1 Å². The van der Waals surface area contributed by atoms with Crippen molar-refractivity contribution in [1.82, 2.24) is 15.1 Å². The van der Waals surface area contributed by atoms with Gasteiger partial charge in [-0.1, -0.05) is 18.6 Å². The predicted octanol–water partition coefficient (Wildman–Crippen LogP) is 1.42. The van der Waals surface area contributed by atoms with Crippen molar-refractivity contribution in [2.45, 2.75) is 44.6 Å². The zero-order chi connectivity index (χ0) is 16.0. The van der Waals surface area contributed by atoms with Crippen LogP contribution in [0.1, 0.15) is 39.0 Å². The van der Waals surface area contributed by atoms with Gasteiger partial charge < -0.3 is 16.0 Å². The van der Waals surface area contributed by atoms with E-state index in [-0.39, 0.29) is 5.54 Å². The number of likely N-dealkylation sites (tertiary alicyclic amines) is 2. The third-order valence-electron chi connectivity index (χ3n) is 5.06. The normalized spacial score (nSPS) is 24.2. The van der Waals surface area contributed by atoms with E-state index < -0.39 is 0 Å². The van der Waals surface area contributed by atoms with Crippen LogP contribution in [0.25, 0.3) is 0 Å². The summed E-state index contributed by atoms with van der Waals surface area (Å²) in [6.45, 7) is 12.2. The molecule has 126 valence electrons. The van der Waals surface area contributed by atoms with E-state index in [0.29, 0.717) is 12.5 Å². The molecule has 0 aromatic rings. The van der Waals surface area contributed by atoms with E-state index in [4.69, 9.17) is 5.73 Å². The highest BCUT2D eigenvalue weighted by atomic mass is 15.3. The quantitative estimate of drug-likeness (QED) is 0.458. The first-order valence-corrected chi connectivity index (χ1v) is 8.64. The lowest BCUT2D eigenvalue weighted by atomic mass is 9.84. The van der Waals surface area contributed by atoms with Crippen molar-refractivity contribution in [3.63, 3.8) is 0 Å². The van der Waals surface area contributed by atoms with Crippen molar-refractivity contribution in [2.75, 3.05) is 46.3 Å². The molecule has 0 bridgehead atoms. The Kier molecular flexibility index (Phi) is 6.26. The second-order valence-corrected chi connectivity index (χ2v) is 7.09. The summed E-state index contributed by atoms with van der Waals surface area (Å²) in [5.74, 6) is 0.554. The maximum atomic E-state index is 6.02. The van der Waals surface area contributed by atoms with Gasteiger partial charge in [0.15, 0.2) is 5.96 Å². The van der Waals surface area contributed by atoms with Crippen LogP contribution in [0.2, 0.25) is 0 Å². The Morgan fingerprint density at radius 1 is 1.18 bits per heavy atom. The maximum absolute atomic E-state index is 6.02. The van der Waals surface area contributed by atoms with Crippen molar-refractivity contribution >= 4 is 5.96 Å². The molecule has 0 saturated carbocycles. The summed E-state index contributed by atoms with van der Waals surface area (Å²) in [6.07, 6.45) is 6.41. The van der Waals surface area contributed by atoms with Gasteiger partial charge in [0.2, 0.25) is 0 Å². The highest BCUT2D eigenvalue weighted by molar-refractivity contribution is 5.78. The van der Waals surface area contributed by atoms with Crippen molar-refractivity contribution in [3.05, 3.63) is 12.2 Å². The van der Waals surface area contributed by atoms with Gasteiger partial charge in [-0.05, 0) is 65.8 Å². The highest BCUT2D eigenvalue weighted by Crippen LogP contribution is 2.31. The van der Waals surface area contributed by atoms with Crippen molar-refractivity contribution in [3.8, 4) is 0 Å². The van der Waals surface area contributed by atoms with Crippen LogP contribution in [-0.2, 0) is 0 Å². The molecule has 2 saturated heterocycles. The minimum atomic E-state index is 0.211. The van der Waals surface area contributed by atoms with Crippen molar-refractivity contribution in [1.29, 1.82) is 0 Å². The Morgan fingerprint density at radius 2 is 1.82 bits per heavy atom. The van der Waals surface area contributed by atoms with Crippen LogP contribution in [-0.4, -0.2) is 67.6 Å². The lowest BCUT2D eigenvalue weighted by Crippen LogP contribution is -2.58. The van der Waals surface area contributed by atoms with Gasteiger partial charge in [-0.15, -0.1) is 0 Å². The number of guanidine groups is 1. The Labute approximate surface area is 135 Å². The van der Waals surface area contributed by atoms with Crippen LogP contribution in [0.3, 0.4) is 0 Å². The van der Waals surface area contributed by atoms with Gasteiger partial charge in [0.05, 0.1) is 6.54 Å². The lowest BCUT2D eigenvalue weighted by molar-refractivity contribution is 0.0208. The molecule has 2 rings (SSSR count). The van der Waals surface area contributed by atoms with Crippen LogP contribution in [0.4, 0.5) is 0 Å². The van der Waals surface area contributed by atoms with Crippen molar-refractivity contribution < 1.29 is 0 Å². The average molecular weight is 307 g/mol. The number of rotatable bonds is 5. The second-order valence-electron chi connectivity index (χ2n) is 7.09. The molecule has 2 heterocycles. The zero-order valence-electron chi connectivity index (χ0n) is 14.4. The van der Waals surface area contributed by atoms with E-state index in [0.717, 1.165) is 25.2 Å². The minimum absolute atomic E-state index is 0.211. The molecule has 0 radical (unpaired) electrons. The van der Waals surface area contributed by atoms with Gasteiger partial charge in [-0.3, -0.25) is 9.89 Å². The van der Waals surface area contributed by atoms with E-state index in [1.54, 1.807) is 0 Å². The molecule has 0 aromatic carbocycles. The fourth-order valence-electron chi connectivity index (χ4n) is 3.51. The number of piperidine rings is 2. The SMILES string of the molecule is C=C(C)CNC(N)=NCC1(N2CCCCC2)CCN(C)CC1. The van der Waals surface area contributed by atoms with Gasteiger partial charge in [0.25, 0.3) is 0 Å². The highest BCUT2D eigenvalue weighted by Gasteiger charge is 2.39. The van der Waals surface area contributed by atoms with Crippen molar-refractivity contribution in [2.24, 2.45) is 10.7 Å². The van der Waals surface area contributed by atoms with E-state index in [1.807, 2.05) is 6.92 Å². The zero-order valence-corrected chi connectivity index (χ0v) is 14.4. The smallest absolute Gasteiger partial charge is 0.188 e. The number of nitrogens with zero attached hydrogens (tertiary/aromatic N) is 3. The lowest BCUT2D eigenvalue weighted by Gasteiger charge is -2.49. The van der Waals surface area contributed by atoms with Gasteiger partial charge in [0, 0.05) is 12.1 Å². The molecular formula is C17H33N5. The minimum Gasteiger partial charge on any atom is -0.370 e. The first-order valence-electron chi connectivity index (χ1n) is 8.64. The monoisotopic (exact) mass is 307 g/mol. The third-order valence-corrected chi connectivity index (χ3v) is 5.06. The summed E-state index contributed by atoms with van der Waals surface area (Å²) >= 11 is 0. The first-order chi connectivity index (χ1) is 10.5. The van der Waals surface area contributed by atoms with Gasteiger partial charge in [-0.25, -0.2) is 0 Å². The number of nitrogens with one attached hydrogen (secondary N) is 1. The molecular weight excluding hydrogens is 274 g/mol. The Hall–Kier alpha value is -1.07. The van der Waals surface area contributed by atoms with Gasteiger partial charge in [-0.2, -0.15) is 0 Å². The Morgan fingerprint density at radius 3 is 2.41 bits per heavy atom. The molecule has 0 amide bonds. The van der Waals surface area contributed by atoms with Gasteiger partial charge >= 0.3 is 0 Å². The molecule has 0 aliphatic carbocycles. The number of hydrogen-bond acceptors (Lipinski definition) is 3. The molecule has 0 aromatic heterocycles. The summed E-state index contributed by atoms with van der Waals surface area (Å²) in [6, 6.07) is 0. The summed E-state index contributed by atoms with van der Waals surface area (Å²) in [5, 5.41) is 3.15. The third kappa shape index (κ3) is 4.71. The molecule has 0 spiro atoms. The largest absolute Gasteiger partial charge is 0.370 e. The summed E-state index contributed by atoms with van der Waals surface area (Å²) in [5.41, 5.74) is 7.31. The average Bonchev–Trinajstić information content (AvgIpc) is 2.53. The van der Waals surface area contributed by atoms with Crippen LogP contribution in [0.5, 0.6) is 0 Å². The molecule has 5 nitrogen and oxygen atoms in total. The van der Waals surface area contributed by atoms with Crippen LogP contribution >= 0.6 is 0 Å². The van der Waals surface area contributed by atoms with Gasteiger partial charge in [0.1, 0.15) is 0 Å². The predicted molar refractivity (Wildman–Crippen MR) is 94.2 cm³/mol. The molecule has 2 aliphatic rings. The molecule has 3 N–H and O–H groups in total. The standard InChI is InChI=1S/C17H33N5/c1-15(2)13-19-16(18)20-14-17(7-11-21(3)12-8-17)22-9-5-4-6-10-22/h1,4-14H2,2-3H3,(H3,18,19,20). The summed E-state index contributed by atoms with van der Waals surface area (Å²) in [4.78, 5) is 9.79. The number of nitrogens with two attached hydrogens (primary N) is 1. The fraction of sp³-hybridized carbons (Fsp3) is 0.824. The van der Waals surface area contributed by atoms with Crippen LogP contribution in [0, 0.1) is 0 Å². The van der Waals surface area contributed by atoms with E-state index in [9.17, 15) is 0 Å². The number of aliphatic imine (C=N–C) groups is 1. The molecule has 2 fully saturated rings. The Bertz CT molecular complexity index is 390. The van der Waals surface area contributed by atoms with E-state index >= 15 is 0 Å². The number of hydrogen-bond donors (Lipinski definition) is 2. The van der Waals surface area contributed by atoms with E-state index in [2.05, 4.69) is 33.7 Å². The molecule has 22 heavy (non-hydrogen) atoms. The fourth-order valence-corrected chi connectivity index (χ4v) is 3.51. The molecule has 2 aliphatic heterocycles. The second kappa shape index (κ2) is 7.97. The summed E-state index contributed by atoms with van der Waals surface area (Å²) < 4.78 is 0. The summed E-state index contributed by atoms with van der Waals surface area (Å²) in [7, 11) is 2.21. The maximum Gasteiger partial charge on any atom is 0.188 e. The van der Waals surface area contributed by atoms with E-state index in [1.165, 1.54) is 45.2 Å². The molecule has 0 atom stereocenters. The van der Waals surface area contributed by atoms with Crippen LogP contribution in [0.15, 0.2) is 17.1 Å². The molecule has 0 unspecified atom stereocenters. The first kappa shape index (κ1) is 17.3. The topological polar surface area (TPSA) is 56.9 Å². The molecule has 5 heteroatoms.